The molecule has 3 N–H and O–H groups in total. The lowest BCUT2D eigenvalue weighted by Gasteiger charge is -2.21. The molecule has 0 aliphatic carbocycles. The highest BCUT2D eigenvalue weighted by Gasteiger charge is 2.30. The first-order chi connectivity index (χ1) is 50.0. The molecule has 17 nitrogen and oxygen atoms in total. The molecule has 0 spiro atoms. The van der Waals surface area contributed by atoms with Gasteiger partial charge in [0.15, 0.2) is 12.2 Å². The standard InChI is InChI=1S/C84H160O17P2/c1-6-9-12-15-18-21-24-27-30-32-33-34-35-37-40-43-46-49-54-60-65-70-83(88)100-79(73-94-81(86)67-62-57-52-47-44-41-39-36-31-28-25-22-19-16-13-10-7-2)75-98-102(90,91)96-71-78(85)72-97-103(92,93)99-76-80(74-95-82(87)68-63-58-55-50-51-56-61-66-77(4)5)101-84(89)69-64-59-53-48-45-42-38-29-26-23-20-17-14-11-8-3/h23,26,29,38,77-80,85H,6-22,24-25,27-28,30-37,39-76H2,1-5H3,(H,90,91)(H,92,93)/b26-23-,38-29-/t78-,79-,80-/m1/s1. The van der Waals surface area contributed by atoms with Crippen molar-refractivity contribution in [2.45, 2.75) is 445 Å². The van der Waals surface area contributed by atoms with Crippen molar-refractivity contribution in [1.82, 2.24) is 0 Å². The molecule has 0 aromatic carbocycles. The SMILES string of the molecule is CCCCCC/C=C\C=C/CCCCCCCC(=O)O[C@H](COC(=O)CCCCCCCCCC(C)C)COP(=O)(O)OC[C@H](O)COP(=O)(O)OC[C@@H](COC(=O)CCCCCCCCCCCCCCCCCCC)OC(=O)CCCCCCCCCCCCCCCCCCCCCCC. The van der Waals surface area contributed by atoms with E-state index < -0.39 is 97.5 Å². The molecule has 0 saturated carbocycles. The molecule has 0 radical (unpaired) electrons. The van der Waals surface area contributed by atoms with Crippen LogP contribution in [0, 0.1) is 5.92 Å². The van der Waals surface area contributed by atoms with Crippen molar-refractivity contribution in [3.8, 4) is 0 Å². The van der Waals surface area contributed by atoms with Gasteiger partial charge in [0.05, 0.1) is 26.4 Å². The minimum absolute atomic E-state index is 0.0847. The van der Waals surface area contributed by atoms with E-state index in [4.69, 9.17) is 37.0 Å². The van der Waals surface area contributed by atoms with E-state index in [1.165, 1.54) is 231 Å². The Morgan fingerprint density at radius 2 is 0.524 bits per heavy atom. The van der Waals surface area contributed by atoms with Gasteiger partial charge in [-0.05, 0) is 57.3 Å². The number of allylic oxidation sites excluding steroid dienone is 4. The van der Waals surface area contributed by atoms with E-state index in [0.29, 0.717) is 31.6 Å². The van der Waals surface area contributed by atoms with Crippen LogP contribution >= 0.6 is 15.6 Å². The van der Waals surface area contributed by atoms with Gasteiger partial charge in [-0.25, -0.2) is 9.13 Å². The zero-order valence-corrected chi connectivity index (χ0v) is 68.7. The quantitative estimate of drug-likeness (QED) is 0.0169. The van der Waals surface area contributed by atoms with E-state index in [9.17, 15) is 43.2 Å². The van der Waals surface area contributed by atoms with Crippen LogP contribution in [-0.4, -0.2) is 96.7 Å². The number of hydrogen-bond acceptors (Lipinski definition) is 15. The third-order valence-electron chi connectivity index (χ3n) is 19.2. The van der Waals surface area contributed by atoms with Crippen LogP contribution in [0.2, 0.25) is 0 Å². The second-order valence-electron chi connectivity index (χ2n) is 30.0. The van der Waals surface area contributed by atoms with Crippen molar-refractivity contribution >= 4 is 39.5 Å². The van der Waals surface area contributed by atoms with Gasteiger partial charge in [-0.3, -0.25) is 37.3 Å². The average molecular weight is 1500 g/mol. The van der Waals surface area contributed by atoms with Crippen molar-refractivity contribution in [1.29, 1.82) is 0 Å². The smallest absolute Gasteiger partial charge is 0.462 e. The number of unbranched alkanes of at least 4 members (excludes halogenated alkanes) is 51. The molecule has 103 heavy (non-hydrogen) atoms. The molecule has 0 bridgehead atoms. The van der Waals surface area contributed by atoms with Crippen LogP contribution in [-0.2, 0) is 65.4 Å². The van der Waals surface area contributed by atoms with Crippen LogP contribution in [0.3, 0.4) is 0 Å². The molecule has 608 valence electrons. The zero-order valence-electron chi connectivity index (χ0n) is 66.9. The van der Waals surface area contributed by atoms with Crippen LogP contribution in [0.15, 0.2) is 24.3 Å². The average Bonchev–Trinajstić information content (AvgIpc) is 0.941. The summed E-state index contributed by atoms with van der Waals surface area (Å²) < 4.78 is 68.7. The van der Waals surface area contributed by atoms with Gasteiger partial charge in [0, 0.05) is 25.7 Å². The van der Waals surface area contributed by atoms with Gasteiger partial charge < -0.3 is 33.8 Å². The molecule has 0 fully saturated rings. The molecule has 0 aliphatic heterocycles. The summed E-state index contributed by atoms with van der Waals surface area (Å²) in [4.78, 5) is 73.1. The Kier molecular flexibility index (Phi) is 74.5. The number of aliphatic hydroxyl groups excluding tert-OH is 1. The Bertz CT molecular complexity index is 2060. The molecular formula is C84H160O17P2. The topological polar surface area (TPSA) is 237 Å². The number of aliphatic hydroxyl groups is 1. The molecule has 19 heteroatoms. The predicted octanol–water partition coefficient (Wildman–Crippen LogP) is 25.1. The lowest BCUT2D eigenvalue weighted by molar-refractivity contribution is -0.161. The van der Waals surface area contributed by atoms with Gasteiger partial charge in [-0.2, -0.15) is 0 Å². The molecular weight excluding hydrogens is 1340 g/mol. The van der Waals surface area contributed by atoms with Crippen LogP contribution < -0.4 is 0 Å². The second kappa shape index (κ2) is 76.3. The Morgan fingerprint density at radius 3 is 0.796 bits per heavy atom. The number of rotatable bonds is 82. The number of carbonyl (C=O) groups is 4. The highest BCUT2D eigenvalue weighted by molar-refractivity contribution is 7.47. The Labute approximate surface area is 631 Å². The maximum absolute atomic E-state index is 13.1. The van der Waals surface area contributed by atoms with Crippen molar-refractivity contribution in [2.24, 2.45) is 5.92 Å². The first-order valence-corrected chi connectivity index (χ1v) is 45.9. The van der Waals surface area contributed by atoms with Gasteiger partial charge in [-0.15, -0.1) is 0 Å². The molecule has 0 saturated heterocycles. The van der Waals surface area contributed by atoms with Gasteiger partial charge in [0.2, 0.25) is 0 Å². The predicted molar refractivity (Wildman–Crippen MR) is 423 cm³/mol. The van der Waals surface area contributed by atoms with Gasteiger partial charge in [0.1, 0.15) is 19.3 Å². The van der Waals surface area contributed by atoms with E-state index in [-0.39, 0.29) is 25.7 Å². The summed E-state index contributed by atoms with van der Waals surface area (Å²) >= 11 is 0. The van der Waals surface area contributed by atoms with Crippen molar-refractivity contribution < 1.29 is 80.2 Å². The van der Waals surface area contributed by atoms with Crippen LogP contribution in [0.4, 0.5) is 0 Å². The lowest BCUT2D eigenvalue weighted by Crippen LogP contribution is -2.30. The molecule has 0 rings (SSSR count). The fourth-order valence-corrected chi connectivity index (χ4v) is 14.2. The van der Waals surface area contributed by atoms with Crippen molar-refractivity contribution in [2.75, 3.05) is 39.6 Å². The molecule has 2 unspecified atom stereocenters. The molecule has 0 amide bonds. The first kappa shape index (κ1) is 101. The number of carbonyl (C=O) groups excluding carboxylic acids is 4. The summed E-state index contributed by atoms with van der Waals surface area (Å²) in [6, 6.07) is 0. The third kappa shape index (κ3) is 77.5. The number of hydrogen-bond donors (Lipinski definition) is 3. The maximum atomic E-state index is 13.1. The highest BCUT2D eigenvalue weighted by Crippen LogP contribution is 2.45. The maximum Gasteiger partial charge on any atom is 0.472 e. The zero-order chi connectivity index (χ0) is 75.5. The van der Waals surface area contributed by atoms with Crippen molar-refractivity contribution in [3.05, 3.63) is 24.3 Å². The van der Waals surface area contributed by atoms with Gasteiger partial charge in [-0.1, -0.05) is 374 Å². The van der Waals surface area contributed by atoms with Gasteiger partial charge in [0.25, 0.3) is 0 Å². The number of esters is 4. The molecule has 0 aromatic heterocycles. The second-order valence-corrected chi connectivity index (χ2v) is 32.9. The Hall–Kier alpha value is -2.46. The summed E-state index contributed by atoms with van der Waals surface area (Å²) in [7, 11) is -9.94. The molecule has 0 heterocycles. The van der Waals surface area contributed by atoms with E-state index >= 15 is 0 Å². The third-order valence-corrected chi connectivity index (χ3v) is 21.1. The number of ether oxygens (including phenoxy) is 4. The summed E-state index contributed by atoms with van der Waals surface area (Å²) in [5.41, 5.74) is 0. The van der Waals surface area contributed by atoms with E-state index in [1.807, 2.05) is 0 Å². The highest BCUT2D eigenvalue weighted by atomic mass is 31.2. The summed E-state index contributed by atoms with van der Waals surface area (Å²) in [6.07, 6.45) is 71.8. The lowest BCUT2D eigenvalue weighted by atomic mass is 10.0. The number of phosphoric ester groups is 2. The largest absolute Gasteiger partial charge is 0.472 e. The van der Waals surface area contributed by atoms with E-state index in [2.05, 4.69) is 58.9 Å². The summed E-state index contributed by atoms with van der Waals surface area (Å²) in [6.45, 7) is 7.22. The fraction of sp³-hybridized carbons (Fsp3) is 0.905. The van der Waals surface area contributed by atoms with Crippen LogP contribution in [0.1, 0.15) is 426 Å². The summed E-state index contributed by atoms with van der Waals surface area (Å²) in [5.74, 6) is -1.43. The molecule has 0 aromatic rings. The van der Waals surface area contributed by atoms with Crippen LogP contribution in [0.25, 0.3) is 0 Å². The molecule has 5 atom stereocenters. The minimum Gasteiger partial charge on any atom is -0.462 e. The van der Waals surface area contributed by atoms with E-state index in [0.717, 1.165) is 109 Å². The summed E-state index contributed by atoms with van der Waals surface area (Å²) in [5, 5.41) is 10.7. The minimum atomic E-state index is -4.97. The normalized spacial score (nSPS) is 14.0. The Balaban J connectivity index is 5.25. The van der Waals surface area contributed by atoms with Crippen molar-refractivity contribution in [3.63, 3.8) is 0 Å². The fourth-order valence-electron chi connectivity index (χ4n) is 12.6. The number of phosphoric acid groups is 2. The molecule has 0 aliphatic rings. The monoisotopic (exact) mass is 1500 g/mol. The van der Waals surface area contributed by atoms with Crippen LogP contribution in [0.5, 0.6) is 0 Å². The van der Waals surface area contributed by atoms with Gasteiger partial charge >= 0.3 is 39.5 Å². The van der Waals surface area contributed by atoms with E-state index in [1.54, 1.807) is 0 Å². The first-order valence-electron chi connectivity index (χ1n) is 43.0. The Morgan fingerprint density at radius 1 is 0.301 bits per heavy atom.